The highest BCUT2D eigenvalue weighted by atomic mass is 35.5. The molecular formula is C16H10Cl2F2N4O. The van der Waals surface area contributed by atoms with E-state index < -0.39 is 17.5 Å². The number of nitrogens with zero attached hydrogens (tertiary/aromatic N) is 3. The molecule has 0 bridgehead atoms. The van der Waals surface area contributed by atoms with Gasteiger partial charge in [-0.05, 0) is 37.3 Å². The van der Waals surface area contributed by atoms with Gasteiger partial charge >= 0.3 is 0 Å². The summed E-state index contributed by atoms with van der Waals surface area (Å²) in [6, 6.07) is 7.60. The average Bonchev–Trinajstić information content (AvgIpc) is 2.92. The number of carbonyl (C=O) groups is 1. The number of hydrogen-bond acceptors (Lipinski definition) is 3. The minimum atomic E-state index is -0.898. The standard InChI is InChI=1S/C16H10Cl2F2N4O/c1-8-21-15(16(25)22-13-4-3-10(19)7-12(13)20)23-24(8)14-5-2-9(17)6-11(14)18/h2-7H,1H3,(H,22,25). The van der Waals surface area contributed by atoms with E-state index in [0.29, 0.717) is 27.6 Å². The van der Waals surface area contributed by atoms with Crippen molar-refractivity contribution in [3.05, 3.63) is 69.7 Å². The van der Waals surface area contributed by atoms with Crippen LogP contribution in [0.25, 0.3) is 5.69 Å². The van der Waals surface area contributed by atoms with Crippen LogP contribution in [0.4, 0.5) is 14.5 Å². The molecule has 1 N–H and O–H groups in total. The van der Waals surface area contributed by atoms with Crippen molar-refractivity contribution in [3.63, 3.8) is 0 Å². The van der Waals surface area contributed by atoms with Gasteiger partial charge in [-0.2, -0.15) is 0 Å². The number of aromatic nitrogens is 3. The van der Waals surface area contributed by atoms with Crippen molar-refractivity contribution in [3.8, 4) is 5.69 Å². The Hall–Kier alpha value is -2.51. The molecule has 128 valence electrons. The molecular weight excluding hydrogens is 373 g/mol. The monoisotopic (exact) mass is 382 g/mol. The van der Waals surface area contributed by atoms with Gasteiger partial charge in [-0.1, -0.05) is 23.2 Å². The molecule has 3 aromatic rings. The lowest BCUT2D eigenvalue weighted by atomic mass is 10.3. The third kappa shape index (κ3) is 3.62. The topological polar surface area (TPSA) is 59.8 Å². The van der Waals surface area contributed by atoms with Gasteiger partial charge in [0, 0.05) is 11.1 Å². The fourth-order valence-corrected chi connectivity index (χ4v) is 2.63. The van der Waals surface area contributed by atoms with E-state index in [9.17, 15) is 13.6 Å². The Morgan fingerprint density at radius 3 is 2.60 bits per heavy atom. The molecule has 0 aliphatic heterocycles. The predicted octanol–water partition coefficient (Wildman–Crippen LogP) is 4.41. The summed E-state index contributed by atoms with van der Waals surface area (Å²) < 4.78 is 27.9. The number of amides is 1. The molecule has 0 aliphatic carbocycles. The zero-order valence-electron chi connectivity index (χ0n) is 12.7. The van der Waals surface area contributed by atoms with Gasteiger partial charge in [-0.3, -0.25) is 4.79 Å². The van der Waals surface area contributed by atoms with Crippen LogP contribution in [0.5, 0.6) is 0 Å². The zero-order valence-corrected chi connectivity index (χ0v) is 14.2. The molecule has 0 saturated carbocycles. The van der Waals surface area contributed by atoms with Gasteiger partial charge in [0.25, 0.3) is 5.91 Å². The molecule has 0 saturated heterocycles. The van der Waals surface area contributed by atoms with Crippen LogP contribution in [-0.2, 0) is 0 Å². The van der Waals surface area contributed by atoms with Crippen LogP contribution in [0, 0.1) is 18.6 Å². The van der Waals surface area contributed by atoms with Crippen LogP contribution in [-0.4, -0.2) is 20.7 Å². The van der Waals surface area contributed by atoms with E-state index in [2.05, 4.69) is 15.4 Å². The third-order valence-electron chi connectivity index (χ3n) is 3.29. The van der Waals surface area contributed by atoms with E-state index in [1.165, 1.54) is 10.7 Å². The second-order valence-electron chi connectivity index (χ2n) is 5.07. The highest BCUT2D eigenvalue weighted by molar-refractivity contribution is 6.35. The predicted molar refractivity (Wildman–Crippen MR) is 90.4 cm³/mol. The number of benzene rings is 2. The van der Waals surface area contributed by atoms with Crippen molar-refractivity contribution >= 4 is 34.8 Å². The summed E-state index contributed by atoms with van der Waals surface area (Å²) >= 11 is 12.0. The molecule has 0 unspecified atom stereocenters. The van der Waals surface area contributed by atoms with Crippen molar-refractivity contribution in [1.29, 1.82) is 0 Å². The molecule has 0 spiro atoms. The number of carbonyl (C=O) groups excluding carboxylic acids is 1. The molecule has 0 atom stereocenters. The summed E-state index contributed by atoms with van der Waals surface area (Å²) in [7, 11) is 0. The van der Waals surface area contributed by atoms with Gasteiger partial charge in [0.2, 0.25) is 5.82 Å². The van der Waals surface area contributed by atoms with Crippen LogP contribution in [0.1, 0.15) is 16.4 Å². The third-order valence-corrected chi connectivity index (χ3v) is 3.83. The fraction of sp³-hybridized carbons (Fsp3) is 0.0625. The maximum Gasteiger partial charge on any atom is 0.295 e. The van der Waals surface area contributed by atoms with Crippen molar-refractivity contribution in [2.45, 2.75) is 6.92 Å². The summed E-state index contributed by atoms with van der Waals surface area (Å²) in [5.74, 6) is -2.17. The first-order valence-corrected chi connectivity index (χ1v) is 7.76. The zero-order chi connectivity index (χ0) is 18.1. The Balaban J connectivity index is 1.90. The maximum absolute atomic E-state index is 13.6. The second kappa shape index (κ2) is 6.78. The van der Waals surface area contributed by atoms with E-state index in [1.807, 2.05) is 0 Å². The SMILES string of the molecule is Cc1nc(C(=O)Nc2ccc(F)cc2F)nn1-c1ccc(Cl)cc1Cl. The van der Waals surface area contributed by atoms with E-state index in [0.717, 1.165) is 12.1 Å². The van der Waals surface area contributed by atoms with Gasteiger partial charge in [-0.15, -0.1) is 5.10 Å². The Morgan fingerprint density at radius 1 is 1.16 bits per heavy atom. The number of anilines is 1. The summed E-state index contributed by atoms with van der Waals surface area (Å²) in [4.78, 5) is 16.3. The summed E-state index contributed by atoms with van der Waals surface area (Å²) in [5.41, 5.74) is 0.313. The Kier molecular flexibility index (Phi) is 4.69. The maximum atomic E-state index is 13.6. The van der Waals surface area contributed by atoms with Gasteiger partial charge in [0.1, 0.15) is 17.5 Å². The number of halogens is 4. The molecule has 0 radical (unpaired) electrons. The molecule has 1 amide bonds. The van der Waals surface area contributed by atoms with Crippen LogP contribution in [0.3, 0.4) is 0 Å². The Bertz CT molecular complexity index is 975. The highest BCUT2D eigenvalue weighted by Gasteiger charge is 2.18. The molecule has 5 nitrogen and oxygen atoms in total. The Labute approximate surface area is 151 Å². The first-order valence-electron chi connectivity index (χ1n) is 7.00. The lowest BCUT2D eigenvalue weighted by Gasteiger charge is -2.05. The summed E-state index contributed by atoms with van der Waals surface area (Å²) in [5, 5.41) is 7.17. The first-order chi connectivity index (χ1) is 11.8. The number of nitrogens with one attached hydrogen (secondary N) is 1. The van der Waals surface area contributed by atoms with E-state index >= 15 is 0 Å². The molecule has 9 heteroatoms. The molecule has 0 fully saturated rings. The van der Waals surface area contributed by atoms with Crippen molar-refractivity contribution in [2.75, 3.05) is 5.32 Å². The van der Waals surface area contributed by atoms with E-state index in [1.54, 1.807) is 19.1 Å². The number of aryl methyl sites for hydroxylation is 1. The number of rotatable bonds is 3. The molecule has 3 rings (SSSR count). The smallest absolute Gasteiger partial charge is 0.295 e. The van der Waals surface area contributed by atoms with E-state index in [4.69, 9.17) is 23.2 Å². The van der Waals surface area contributed by atoms with Crippen molar-refractivity contribution in [2.24, 2.45) is 0 Å². The summed E-state index contributed by atoms with van der Waals surface area (Å²) in [6.45, 7) is 1.63. The van der Waals surface area contributed by atoms with Gasteiger partial charge in [0.05, 0.1) is 16.4 Å². The van der Waals surface area contributed by atoms with E-state index in [-0.39, 0.29) is 11.5 Å². The van der Waals surface area contributed by atoms with Gasteiger partial charge < -0.3 is 5.32 Å². The highest BCUT2D eigenvalue weighted by Crippen LogP contribution is 2.25. The molecule has 1 aromatic heterocycles. The minimum Gasteiger partial charge on any atom is -0.317 e. The number of hydrogen-bond donors (Lipinski definition) is 1. The molecule has 1 heterocycles. The lowest BCUT2D eigenvalue weighted by Crippen LogP contribution is -2.15. The molecule has 0 aliphatic rings. The first kappa shape index (κ1) is 17.3. The average molecular weight is 383 g/mol. The summed E-state index contributed by atoms with van der Waals surface area (Å²) in [6.07, 6.45) is 0. The molecule has 25 heavy (non-hydrogen) atoms. The quantitative estimate of drug-likeness (QED) is 0.729. The van der Waals surface area contributed by atoms with Crippen molar-refractivity contribution < 1.29 is 13.6 Å². The van der Waals surface area contributed by atoms with Crippen LogP contribution < -0.4 is 5.32 Å². The van der Waals surface area contributed by atoms with Crippen LogP contribution in [0.2, 0.25) is 10.0 Å². The van der Waals surface area contributed by atoms with Gasteiger partial charge in [0.15, 0.2) is 0 Å². The van der Waals surface area contributed by atoms with Crippen LogP contribution >= 0.6 is 23.2 Å². The second-order valence-corrected chi connectivity index (χ2v) is 5.91. The fourth-order valence-electron chi connectivity index (χ4n) is 2.14. The van der Waals surface area contributed by atoms with Crippen LogP contribution in [0.15, 0.2) is 36.4 Å². The Morgan fingerprint density at radius 2 is 1.92 bits per heavy atom. The normalized spacial score (nSPS) is 10.8. The van der Waals surface area contributed by atoms with Gasteiger partial charge in [-0.25, -0.2) is 18.4 Å². The van der Waals surface area contributed by atoms with Crippen molar-refractivity contribution in [1.82, 2.24) is 14.8 Å². The lowest BCUT2D eigenvalue weighted by molar-refractivity contribution is 0.101. The largest absolute Gasteiger partial charge is 0.317 e. The minimum absolute atomic E-state index is 0.176. The molecule has 2 aromatic carbocycles.